The van der Waals surface area contributed by atoms with E-state index >= 15 is 0 Å². The number of carbonyl (C=O) groups excluding carboxylic acids is 2. The number of hydrogen-bond donors (Lipinski definition) is 1. The minimum Gasteiger partial charge on any atom is -0.378 e. The molecular weight excluding hydrogens is 260 g/mol. The molecule has 0 aliphatic carbocycles. The molecule has 1 N–H and O–H groups in total. The Bertz CT molecular complexity index is 356. The van der Waals surface area contributed by atoms with Crippen molar-refractivity contribution in [1.82, 2.24) is 20.0 Å². The number of amides is 2. The predicted octanol–water partition coefficient (Wildman–Crippen LogP) is -1.79. The van der Waals surface area contributed by atoms with Gasteiger partial charge in [-0.25, -0.2) is 0 Å². The minimum absolute atomic E-state index is 0.0481. The zero-order chi connectivity index (χ0) is 14.5. The predicted molar refractivity (Wildman–Crippen MR) is 74.3 cm³/mol. The Kier molecular flexibility index (Phi) is 5.33. The Morgan fingerprint density at radius 1 is 1.25 bits per heavy atom. The van der Waals surface area contributed by atoms with Gasteiger partial charge in [0.15, 0.2) is 0 Å². The van der Waals surface area contributed by atoms with E-state index in [1.54, 1.807) is 19.0 Å². The maximum absolute atomic E-state index is 12.3. The lowest BCUT2D eigenvalue weighted by Crippen LogP contribution is -2.60. The molecule has 0 saturated carbocycles. The average molecular weight is 284 g/mol. The normalized spacial score (nSPS) is 24.5. The van der Waals surface area contributed by atoms with Crippen LogP contribution in [-0.2, 0) is 14.3 Å². The zero-order valence-electron chi connectivity index (χ0n) is 12.3. The molecule has 1 unspecified atom stereocenters. The molecule has 114 valence electrons. The van der Waals surface area contributed by atoms with E-state index in [9.17, 15) is 9.59 Å². The molecule has 2 saturated heterocycles. The van der Waals surface area contributed by atoms with E-state index in [0.717, 1.165) is 13.1 Å². The van der Waals surface area contributed by atoms with Crippen LogP contribution in [0.25, 0.3) is 0 Å². The molecule has 2 amide bonds. The molecule has 2 aliphatic heterocycles. The van der Waals surface area contributed by atoms with E-state index < -0.39 is 0 Å². The number of ether oxygens (including phenoxy) is 1. The summed E-state index contributed by atoms with van der Waals surface area (Å²) in [5.74, 6) is 0.138. The van der Waals surface area contributed by atoms with Crippen LogP contribution < -0.4 is 5.32 Å². The van der Waals surface area contributed by atoms with Crippen molar-refractivity contribution in [3.8, 4) is 0 Å². The Morgan fingerprint density at radius 3 is 2.60 bits per heavy atom. The van der Waals surface area contributed by atoms with Gasteiger partial charge in [-0.05, 0) is 0 Å². The molecule has 20 heavy (non-hydrogen) atoms. The van der Waals surface area contributed by atoms with Crippen molar-refractivity contribution >= 4 is 11.8 Å². The second-order valence-electron chi connectivity index (χ2n) is 5.42. The molecule has 0 aromatic rings. The SMILES string of the molecule is CN(C)C(=O)C1CNCCN1CC(=O)N1CCOCC1. The smallest absolute Gasteiger partial charge is 0.240 e. The number of carbonyl (C=O) groups is 2. The summed E-state index contributed by atoms with van der Waals surface area (Å²) in [7, 11) is 3.50. The van der Waals surface area contributed by atoms with E-state index in [-0.39, 0.29) is 17.9 Å². The third-order valence-corrected chi connectivity index (χ3v) is 3.78. The van der Waals surface area contributed by atoms with E-state index in [1.807, 2.05) is 9.80 Å². The highest BCUT2D eigenvalue weighted by atomic mass is 16.5. The van der Waals surface area contributed by atoms with Crippen molar-refractivity contribution in [3.05, 3.63) is 0 Å². The van der Waals surface area contributed by atoms with Crippen molar-refractivity contribution < 1.29 is 14.3 Å². The Morgan fingerprint density at radius 2 is 1.95 bits per heavy atom. The minimum atomic E-state index is -0.247. The lowest BCUT2D eigenvalue weighted by atomic mass is 10.1. The highest BCUT2D eigenvalue weighted by molar-refractivity contribution is 5.83. The van der Waals surface area contributed by atoms with Gasteiger partial charge in [0.05, 0.1) is 19.8 Å². The second-order valence-corrected chi connectivity index (χ2v) is 5.42. The fourth-order valence-corrected chi connectivity index (χ4v) is 2.56. The van der Waals surface area contributed by atoms with Crippen molar-refractivity contribution in [2.24, 2.45) is 0 Å². The number of nitrogens with one attached hydrogen (secondary N) is 1. The molecule has 2 rings (SSSR count). The summed E-state index contributed by atoms with van der Waals surface area (Å²) >= 11 is 0. The summed E-state index contributed by atoms with van der Waals surface area (Å²) in [4.78, 5) is 29.8. The van der Waals surface area contributed by atoms with Crippen LogP contribution in [0.3, 0.4) is 0 Å². The van der Waals surface area contributed by atoms with Crippen LogP contribution >= 0.6 is 0 Å². The quantitative estimate of drug-likeness (QED) is 0.663. The average Bonchev–Trinajstić information content (AvgIpc) is 2.48. The van der Waals surface area contributed by atoms with Crippen molar-refractivity contribution in [2.45, 2.75) is 6.04 Å². The standard InChI is InChI=1S/C13H24N4O3/c1-15(2)13(19)11-9-14-3-4-17(11)10-12(18)16-5-7-20-8-6-16/h11,14H,3-10H2,1-2H3. The highest BCUT2D eigenvalue weighted by Crippen LogP contribution is 2.08. The molecule has 7 heteroatoms. The third kappa shape index (κ3) is 3.68. The number of hydrogen-bond acceptors (Lipinski definition) is 5. The lowest BCUT2D eigenvalue weighted by molar-refractivity contribution is -0.141. The number of likely N-dealkylation sites (N-methyl/N-ethyl adjacent to an activating group) is 1. The third-order valence-electron chi connectivity index (χ3n) is 3.78. The molecule has 2 fully saturated rings. The first-order valence-electron chi connectivity index (χ1n) is 7.11. The number of nitrogens with zero attached hydrogens (tertiary/aromatic N) is 3. The highest BCUT2D eigenvalue weighted by Gasteiger charge is 2.32. The molecule has 2 aliphatic rings. The van der Waals surface area contributed by atoms with Gasteiger partial charge in [0.1, 0.15) is 6.04 Å². The lowest BCUT2D eigenvalue weighted by Gasteiger charge is -2.37. The summed E-state index contributed by atoms with van der Waals surface area (Å²) in [6.45, 7) is 4.96. The molecule has 2 heterocycles. The van der Waals surface area contributed by atoms with E-state index in [1.165, 1.54) is 0 Å². The van der Waals surface area contributed by atoms with E-state index in [4.69, 9.17) is 4.74 Å². The number of piperazine rings is 1. The Labute approximate surface area is 119 Å². The first kappa shape index (κ1) is 15.2. The molecular formula is C13H24N4O3. The molecule has 7 nitrogen and oxygen atoms in total. The molecule has 0 aromatic heterocycles. The van der Waals surface area contributed by atoms with Gasteiger partial charge < -0.3 is 19.9 Å². The monoisotopic (exact) mass is 284 g/mol. The van der Waals surface area contributed by atoms with Crippen LogP contribution in [-0.4, -0.2) is 99.1 Å². The van der Waals surface area contributed by atoms with Crippen LogP contribution in [0.15, 0.2) is 0 Å². The summed E-state index contributed by atoms with van der Waals surface area (Å²) in [6.07, 6.45) is 0. The largest absolute Gasteiger partial charge is 0.378 e. The second kappa shape index (κ2) is 7.01. The summed E-state index contributed by atoms with van der Waals surface area (Å²) < 4.78 is 5.25. The maximum Gasteiger partial charge on any atom is 0.240 e. The van der Waals surface area contributed by atoms with Gasteiger partial charge in [0.2, 0.25) is 11.8 Å². The molecule has 0 aromatic carbocycles. The van der Waals surface area contributed by atoms with Crippen LogP contribution in [0.4, 0.5) is 0 Å². The van der Waals surface area contributed by atoms with Gasteiger partial charge in [0.25, 0.3) is 0 Å². The fraction of sp³-hybridized carbons (Fsp3) is 0.846. The van der Waals surface area contributed by atoms with Crippen molar-refractivity contribution in [2.75, 3.05) is 66.6 Å². The van der Waals surface area contributed by atoms with Gasteiger partial charge in [-0.15, -0.1) is 0 Å². The van der Waals surface area contributed by atoms with Gasteiger partial charge in [-0.3, -0.25) is 14.5 Å². The molecule has 1 atom stereocenters. The van der Waals surface area contributed by atoms with Gasteiger partial charge >= 0.3 is 0 Å². The van der Waals surface area contributed by atoms with Gasteiger partial charge in [0, 0.05) is 46.8 Å². The van der Waals surface area contributed by atoms with Gasteiger partial charge in [-0.1, -0.05) is 0 Å². The van der Waals surface area contributed by atoms with Crippen LogP contribution in [0.2, 0.25) is 0 Å². The van der Waals surface area contributed by atoms with Crippen molar-refractivity contribution in [3.63, 3.8) is 0 Å². The fourth-order valence-electron chi connectivity index (χ4n) is 2.56. The van der Waals surface area contributed by atoms with Crippen LogP contribution in [0, 0.1) is 0 Å². The first-order chi connectivity index (χ1) is 9.59. The summed E-state index contributed by atoms with van der Waals surface area (Å²) in [5, 5.41) is 3.22. The number of rotatable bonds is 3. The molecule has 0 bridgehead atoms. The van der Waals surface area contributed by atoms with E-state index in [2.05, 4.69) is 5.32 Å². The zero-order valence-corrected chi connectivity index (χ0v) is 12.3. The summed E-state index contributed by atoms with van der Waals surface area (Å²) in [6, 6.07) is -0.247. The number of morpholine rings is 1. The van der Waals surface area contributed by atoms with Crippen LogP contribution in [0.5, 0.6) is 0 Å². The first-order valence-corrected chi connectivity index (χ1v) is 7.11. The van der Waals surface area contributed by atoms with Crippen LogP contribution in [0.1, 0.15) is 0 Å². The molecule has 0 radical (unpaired) electrons. The molecule has 0 spiro atoms. The topological polar surface area (TPSA) is 65.1 Å². The van der Waals surface area contributed by atoms with Gasteiger partial charge in [-0.2, -0.15) is 0 Å². The van der Waals surface area contributed by atoms with E-state index in [0.29, 0.717) is 39.4 Å². The summed E-state index contributed by atoms with van der Waals surface area (Å²) in [5.41, 5.74) is 0. The Hall–Kier alpha value is -1.18. The van der Waals surface area contributed by atoms with Crippen molar-refractivity contribution in [1.29, 1.82) is 0 Å². The Balaban J connectivity index is 1.94. The maximum atomic E-state index is 12.3.